The first-order chi connectivity index (χ1) is 9.08. The number of rotatable bonds is 3. The lowest BCUT2D eigenvalue weighted by Gasteiger charge is -2.08. The van der Waals surface area contributed by atoms with E-state index in [0.717, 1.165) is 11.1 Å². The van der Waals surface area contributed by atoms with Gasteiger partial charge in [-0.2, -0.15) is 0 Å². The van der Waals surface area contributed by atoms with E-state index in [1.807, 2.05) is 25.1 Å². The van der Waals surface area contributed by atoms with Crippen LogP contribution in [-0.4, -0.2) is 9.55 Å². The molecule has 1 N–H and O–H groups in total. The van der Waals surface area contributed by atoms with Crippen molar-refractivity contribution in [2.24, 2.45) is 0 Å². The summed E-state index contributed by atoms with van der Waals surface area (Å²) >= 11 is 5.24. The maximum Gasteiger partial charge on any atom is 0.266 e. The zero-order chi connectivity index (χ0) is 14.0. The molecule has 1 heterocycles. The molecular formula is C15H14N2OS. The predicted octanol–water partition coefficient (Wildman–Crippen LogP) is 3.58. The molecule has 0 saturated heterocycles. The fourth-order valence-electron chi connectivity index (χ4n) is 1.92. The number of hydrogen-bond acceptors (Lipinski definition) is 2. The van der Waals surface area contributed by atoms with E-state index in [2.05, 4.69) is 18.1 Å². The van der Waals surface area contributed by atoms with Gasteiger partial charge >= 0.3 is 0 Å². The van der Waals surface area contributed by atoms with Crippen molar-refractivity contribution in [1.82, 2.24) is 9.55 Å². The van der Waals surface area contributed by atoms with E-state index < -0.39 is 0 Å². The lowest BCUT2D eigenvalue weighted by Crippen LogP contribution is -2.21. The van der Waals surface area contributed by atoms with Crippen LogP contribution in [0.25, 0.3) is 16.6 Å². The van der Waals surface area contributed by atoms with E-state index in [1.165, 1.54) is 4.57 Å². The molecule has 19 heavy (non-hydrogen) atoms. The van der Waals surface area contributed by atoms with Crippen LogP contribution in [0.2, 0.25) is 0 Å². The van der Waals surface area contributed by atoms with E-state index >= 15 is 0 Å². The van der Waals surface area contributed by atoms with Crippen molar-refractivity contribution < 1.29 is 0 Å². The fourth-order valence-corrected chi connectivity index (χ4v) is 2.22. The molecule has 1 aromatic heterocycles. The quantitative estimate of drug-likeness (QED) is 0.684. The molecule has 3 nitrogen and oxygen atoms in total. The largest absolute Gasteiger partial charge is 0.331 e. The van der Waals surface area contributed by atoms with Crippen molar-refractivity contribution in [2.45, 2.75) is 6.92 Å². The summed E-state index contributed by atoms with van der Waals surface area (Å²) in [5.41, 5.74) is 2.20. The van der Waals surface area contributed by atoms with Crippen molar-refractivity contribution in [2.75, 3.05) is 0 Å². The average Bonchev–Trinajstić information content (AvgIpc) is 2.38. The molecule has 0 aliphatic carbocycles. The molecule has 0 saturated carbocycles. The zero-order valence-corrected chi connectivity index (χ0v) is 11.5. The van der Waals surface area contributed by atoms with E-state index in [9.17, 15) is 4.79 Å². The number of allylic oxidation sites excluding steroid dienone is 4. The second-order valence-electron chi connectivity index (χ2n) is 4.15. The van der Waals surface area contributed by atoms with Gasteiger partial charge < -0.3 is 4.98 Å². The molecule has 0 radical (unpaired) electrons. The number of aryl methyl sites for hydroxylation is 1. The van der Waals surface area contributed by atoms with E-state index in [0.29, 0.717) is 15.9 Å². The summed E-state index contributed by atoms with van der Waals surface area (Å²) in [5.74, 6) is 0. The first kappa shape index (κ1) is 13.2. The number of aromatic nitrogens is 2. The van der Waals surface area contributed by atoms with Crippen molar-refractivity contribution in [1.29, 1.82) is 0 Å². The van der Waals surface area contributed by atoms with Gasteiger partial charge in [0.05, 0.1) is 16.6 Å². The third-order valence-corrected chi connectivity index (χ3v) is 3.09. The maximum atomic E-state index is 12.5. The van der Waals surface area contributed by atoms with Crippen LogP contribution in [0.15, 0.2) is 54.4 Å². The minimum atomic E-state index is -0.157. The Balaban J connectivity index is 2.94. The predicted molar refractivity (Wildman–Crippen MR) is 82.8 cm³/mol. The summed E-state index contributed by atoms with van der Waals surface area (Å²) in [4.78, 5) is 15.6. The highest BCUT2D eigenvalue weighted by Crippen LogP contribution is 2.12. The Morgan fingerprint density at radius 3 is 2.79 bits per heavy atom. The van der Waals surface area contributed by atoms with Crippen molar-refractivity contribution in [3.8, 4) is 0 Å². The molecule has 0 aliphatic heterocycles. The van der Waals surface area contributed by atoms with Gasteiger partial charge in [-0.1, -0.05) is 30.9 Å². The highest BCUT2D eigenvalue weighted by Gasteiger charge is 2.07. The Labute approximate surface area is 116 Å². The molecule has 0 aliphatic rings. The first-order valence-electron chi connectivity index (χ1n) is 5.79. The van der Waals surface area contributed by atoms with Gasteiger partial charge in [0.1, 0.15) is 0 Å². The number of hydrogen-bond donors (Lipinski definition) is 1. The maximum absolute atomic E-state index is 12.5. The Kier molecular flexibility index (Phi) is 3.62. The lowest BCUT2D eigenvalue weighted by atomic mass is 10.2. The molecule has 0 bridgehead atoms. The van der Waals surface area contributed by atoms with Gasteiger partial charge in [0, 0.05) is 0 Å². The summed E-state index contributed by atoms with van der Waals surface area (Å²) < 4.78 is 1.76. The standard InChI is InChI=1S/C15H14N2OS/c1-4-6-11(5-2)17-14(18)12-9-10(3)7-8-13(12)16-15(17)19/h4-9H,1-2H2,3H3,(H,16,19)/b11-6+. The smallest absolute Gasteiger partial charge is 0.266 e. The summed E-state index contributed by atoms with van der Waals surface area (Å²) in [6.45, 7) is 9.27. The number of aromatic amines is 1. The van der Waals surface area contributed by atoms with E-state index in [4.69, 9.17) is 12.2 Å². The molecule has 2 aromatic rings. The van der Waals surface area contributed by atoms with Gasteiger partial charge in [0.2, 0.25) is 0 Å². The van der Waals surface area contributed by atoms with Gasteiger partial charge in [0.25, 0.3) is 5.56 Å². The minimum absolute atomic E-state index is 0.157. The molecule has 2 rings (SSSR count). The molecule has 0 atom stereocenters. The van der Waals surface area contributed by atoms with E-state index in [-0.39, 0.29) is 5.56 Å². The molecule has 0 amide bonds. The molecular weight excluding hydrogens is 256 g/mol. The highest BCUT2D eigenvalue weighted by molar-refractivity contribution is 7.71. The molecule has 0 fully saturated rings. The van der Waals surface area contributed by atoms with Gasteiger partial charge in [-0.3, -0.25) is 9.36 Å². The second-order valence-corrected chi connectivity index (χ2v) is 4.54. The minimum Gasteiger partial charge on any atom is -0.331 e. The molecule has 1 aromatic carbocycles. The number of fused-ring (bicyclic) bond motifs is 1. The van der Waals surface area contributed by atoms with Crippen LogP contribution < -0.4 is 5.56 Å². The van der Waals surface area contributed by atoms with Crippen LogP contribution in [0.1, 0.15) is 5.56 Å². The van der Waals surface area contributed by atoms with Crippen LogP contribution in [0.3, 0.4) is 0 Å². The zero-order valence-electron chi connectivity index (χ0n) is 10.6. The third kappa shape index (κ3) is 2.35. The topological polar surface area (TPSA) is 37.8 Å². The highest BCUT2D eigenvalue weighted by atomic mass is 32.1. The molecule has 96 valence electrons. The molecule has 0 spiro atoms. The third-order valence-electron chi connectivity index (χ3n) is 2.81. The Morgan fingerprint density at radius 1 is 1.42 bits per heavy atom. The Hall–Kier alpha value is -2.20. The first-order valence-corrected chi connectivity index (χ1v) is 6.20. The van der Waals surface area contributed by atoms with E-state index in [1.54, 1.807) is 18.2 Å². The van der Waals surface area contributed by atoms with Gasteiger partial charge in [-0.05, 0) is 43.4 Å². The SMILES string of the molecule is C=C/C=C(\C=C)n1c(=S)[nH]c2ccc(C)cc2c1=O. The summed E-state index contributed by atoms with van der Waals surface area (Å²) in [6, 6.07) is 5.64. The Morgan fingerprint density at radius 2 is 2.16 bits per heavy atom. The van der Waals surface area contributed by atoms with Gasteiger partial charge in [0.15, 0.2) is 4.77 Å². The summed E-state index contributed by atoms with van der Waals surface area (Å²) in [7, 11) is 0. The number of benzene rings is 1. The van der Waals surface area contributed by atoms with Crippen molar-refractivity contribution >= 4 is 28.8 Å². The van der Waals surface area contributed by atoms with Crippen LogP contribution >= 0.6 is 12.2 Å². The Bertz CT molecular complexity index is 809. The van der Waals surface area contributed by atoms with Crippen LogP contribution in [0.4, 0.5) is 0 Å². The summed E-state index contributed by atoms with van der Waals surface area (Å²) in [6.07, 6.45) is 4.87. The normalized spacial score (nSPS) is 11.5. The average molecular weight is 270 g/mol. The van der Waals surface area contributed by atoms with Crippen molar-refractivity contribution in [3.05, 3.63) is 70.3 Å². The lowest BCUT2D eigenvalue weighted by molar-refractivity contribution is 0.971. The number of nitrogens with one attached hydrogen (secondary N) is 1. The summed E-state index contributed by atoms with van der Waals surface area (Å²) in [5, 5.41) is 0.602. The van der Waals surface area contributed by atoms with Crippen LogP contribution in [-0.2, 0) is 0 Å². The molecule has 4 heteroatoms. The fraction of sp³-hybridized carbons (Fsp3) is 0.0667. The number of H-pyrrole nitrogens is 1. The monoisotopic (exact) mass is 270 g/mol. The van der Waals surface area contributed by atoms with Gasteiger partial charge in [-0.15, -0.1) is 0 Å². The van der Waals surface area contributed by atoms with Crippen molar-refractivity contribution in [3.63, 3.8) is 0 Å². The van der Waals surface area contributed by atoms with Crippen LogP contribution in [0, 0.1) is 11.7 Å². The van der Waals surface area contributed by atoms with Crippen LogP contribution in [0.5, 0.6) is 0 Å². The van der Waals surface area contributed by atoms with Gasteiger partial charge in [-0.25, -0.2) is 0 Å². The number of nitrogens with zero attached hydrogens (tertiary/aromatic N) is 1. The molecule has 0 unspecified atom stereocenters. The second kappa shape index (κ2) is 5.20.